The summed E-state index contributed by atoms with van der Waals surface area (Å²) in [5, 5.41) is 2.85. The Kier molecular flexibility index (Phi) is 6.54. The topological polar surface area (TPSA) is 75.7 Å². The van der Waals surface area contributed by atoms with Crippen LogP contribution in [0.1, 0.15) is 27.8 Å². The van der Waals surface area contributed by atoms with Crippen LogP contribution in [0, 0.1) is 20.8 Å². The Labute approximate surface area is 195 Å². The molecule has 0 aromatic heterocycles. The first kappa shape index (κ1) is 23.0. The van der Waals surface area contributed by atoms with Gasteiger partial charge in [0.1, 0.15) is 5.75 Å². The van der Waals surface area contributed by atoms with Crippen molar-refractivity contribution in [3.05, 3.63) is 88.5 Å². The SMILES string of the molecule is Cc1ccc(S(=O)(=O)N2CCc3ccc(NC(=O)COc4ccc(C)c(C)c4)cc3C2)cc1. The van der Waals surface area contributed by atoms with Crippen molar-refractivity contribution in [2.45, 2.75) is 38.6 Å². The molecule has 0 fully saturated rings. The van der Waals surface area contributed by atoms with Gasteiger partial charge in [-0.1, -0.05) is 29.8 Å². The molecule has 1 amide bonds. The third kappa shape index (κ3) is 5.26. The Hall–Kier alpha value is -3.16. The molecule has 7 heteroatoms. The van der Waals surface area contributed by atoms with Crippen molar-refractivity contribution in [1.29, 1.82) is 0 Å². The third-order valence-corrected chi connectivity index (χ3v) is 7.83. The van der Waals surface area contributed by atoms with E-state index in [1.54, 1.807) is 24.3 Å². The second-order valence-electron chi connectivity index (χ2n) is 8.47. The first-order chi connectivity index (χ1) is 15.7. The van der Waals surface area contributed by atoms with E-state index in [-0.39, 0.29) is 19.1 Å². The number of carbonyl (C=O) groups excluding carboxylic acids is 1. The van der Waals surface area contributed by atoms with Crippen LogP contribution in [-0.2, 0) is 27.8 Å². The number of anilines is 1. The highest BCUT2D eigenvalue weighted by Gasteiger charge is 2.28. The maximum atomic E-state index is 13.1. The van der Waals surface area contributed by atoms with Crippen LogP contribution in [0.5, 0.6) is 5.75 Å². The van der Waals surface area contributed by atoms with Crippen molar-refractivity contribution in [3.63, 3.8) is 0 Å². The maximum absolute atomic E-state index is 13.1. The van der Waals surface area contributed by atoms with Crippen LogP contribution < -0.4 is 10.1 Å². The van der Waals surface area contributed by atoms with E-state index >= 15 is 0 Å². The molecular formula is C26H28N2O4S. The summed E-state index contributed by atoms with van der Waals surface area (Å²) in [4.78, 5) is 12.7. The van der Waals surface area contributed by atoms with Crippen LogP contribution in [0.3, 0.4) is 0 Å². The summed E-state index contributed by atoms with van der Waals surface area (Å²) in [7, 11) is -3.58. The number of hydrogen-bond donors (Lipinski definition) is 1. The molecule has 3 aromatic rings. The zero-order chi connectivity index (χ0) is 23.6. The molecule has 1 aliphatic rings. The summed E-state index contributed by atoms with van der Waals surface area (Å²) in [5.41, 5.74) is 5.89. The van der Waals surface area contributed by atoms with Crippen molar-refractivity contribution < 1.29 is 17.9 Å². The van der Waals surface area contributed by atoms with Gasteiger partial charge in [0, 0.05) is 18.8 Å². The van der Waals surface area contributed by atoms with E-state index in [9.17, 15) is 13.2 Å². The molecule has 4 rings (SSSR count). The van der Waals surface area contributed by atoms with Gasteiger partial charge in [-0.2, -0.15) is 4.31 Å². The Bertz CT molecular complexity index is 1280. The highest BCUT2D eigenvalue weighted by atomic mass is 32.2. The van der Waals surface area contributed by atoms with Gasteiger partial charge < -0.3 is 10.1 Å². The molecule has 1 N–H and O–H groups in total. The van der Waals surface area contributed by atoms with Crippen LogP contribution in [0.4, 0.5) is 5.69 Å². The average Bonchev–Trinajstić information content (AvgIpc) is 2.79. The molecular weight excluding hydrogens is 436 g/mol. The van der Waals surface area contributed by atoms with Gasteiger partial charge in [-0.25, -0.2) is 8.42 Å². The fourth-order valence-corrected chi connectivity index (χ4v) is 5.24. The number of ether oxygens (including phenoxy) is 1. The van der Waals surface area contributed by atoms with E-state index in [0.29, 0.717) is 29.3 Å². The van der Waals surface area contributed by atoms with Crippen LogP contribution in [0.2, 0.25) is 0 Å². The summed E-state index contributed by atoms with van der Waals surface area (Å²) in [5.74, 6) is 0.378. The van der Waals surface area contributed by atoms with Crippen LogP contribution in [-0.4, -0.2) is 31.8 Å². The highest BCUT2D eigenvalue weighted by molar-refractivity contribution is 7.89. The molecule has 3 aromatic carbocycles. The lowest BCUT2D eigenvalue weighted by Crippen LogP contribution is -2.36. The van der Waals surface area contributed by atoms with Gasteiger partial charge in [0.25, 0.3) is 5.91 Å². The second kappa shape index (κ2) is 9.37. The zero-order valence-electron chi connectivity index (χ0n) is 19.1. The molecule has 0 aliphatic carbocycles. The average molecular weight is 465 g/mol. The predicted octanol–water partition coefficient (Wildman–Crippen LogP) is 4.38. The molecule has 1 aliphatic heterocycles. The van der Waals surface area contributed by atoms with E-state index in [1.165, 1.54) is 9.87 Å². The monoisotopic (exact) mass is 464 g/mol. The highest BCUT2D eigenvalue weighted by Crippen LogP contribution is 2.27. The van der Waals surface area contributed by atoms with Crippen molar-refractivity contribution >= 4 is 21.6 Å². The van der Waals surface area contributed by atoms with Gasteiger partial charge in [0.2, 0.25) is 10.0 Å². The number of hydrogen-bond acceptors (Lipinski definition) is 4. The summed E-state index contributed by atoms with van der Waals surface area (Å²) >= 11 is 0. The van der Waals surface area contributed by atoms with Gasteiger partial charge in [0.15, 0.2) is 6.61 Å². The Balaban J connectivity index is 1.42. The van der Waals surface area contributed by atoms with Crippen molar-refractivity contribution in [2.24, 2.45) is 0 Å². The number of nitrogens with zero attached hydrogens (tertiary/aromatic N) is 1. The minimum Gasteiger partial charge on any atom is -0.484 e. The van der Waals surface area contributed by atoms with Gasteiger partial charge in [0.05, 0.1) is 4.90 Å². The second-order valence-corrected chi connectivity index (χ2v) is 10.4. The third-order valence-electron chi connectivity index (χ3n) is 5.97. The quantitative estimate of drug-likeness (QED) is 0.588. The Morgan fingerprint density at radius 3 is 2.42 bits per heavy atom. The fraction of sp³-hybridized carbons (Fsp3) is 0.269. The van der Waals surface area contributed by atoms with Crippen molar-refractivity contribution in [3.8, 4) is 5.75 Å². The number of aryl methyl sites for hydroxylation is 3. The van der Waals surface area contributed by atoms with E-state index in [1.807, 2.05) is 57.2 Å². The lowest BCUT2D eigenvalue weighted by molar-refractivity contribution is -0.118. The molecule has 0 atom stereocenters. The van der Waals surface area contributed by atoms with Gasteiger partial charge >= 0.3 is 0 Å². The van der Waals surface area contributed by atoms with E-state index in [0.717, 1.165) is 22.3 Å². The Morgan fingerprint density at radius 2 is 1.70 bits per heavy atom. The first-order valence-electron chi connectivity index (χ1n) is 10.9. The summed E-state index contributed by atoms with van der Waals surface area (Å²) in [6.07, 6.45) is 0.630. The number of carbonyl (C=O) groups is 1. The number of amides is 1. The molecule has 0 unspecified atom stereocenters. The van der Waals surface area contributed by atoms with E-state index < -0.39 is 10.0 Å². The minimum absolute atomic E-state index is 0.104. The van der Waals surface area contributed by atoms with Gasteiger partial charge in [-0.05, 0) is 85.8 Å². The summed E-state index contributed by atoms with van der Waals surface area (Å²) in [6.45, 7) is 6.55. The van der Waals surface area contributed by atoms with Crippen LogP contribution >= 0.6 is 0 Å². The lowest BCUT2D eigenvalue weighted by Gasteiger charge is -2.28. The number of sulfonamides is 1. The smallest absolute Gasteiger partial charge is 0.262 e. The maximum Gasteiger partial charge on any atom is 0.262 e. The van der Waals surface area contributed by atoms with Crippen LogP contribution in [0.15, 0.2) is 65.6 Å². The number of rotatable bonds is 6. The van der Waals surface area contributed by atoms with E-state index in [2.05, 4.69) is 5.32 Å². The standard InChI is InChI=1S/C26H28N2O4S/c1-18-4-10-25(11-5-18)33(30,31)28-13-12-21-7-8-23(15-22(21)16-28)27-26(29)17-32-24-9-6-19(2)20(3)14-24/h4-11,14-15H,12-13,16-17H2,1-3H3,(H,27,29). The predicted molar refractivity (Wildman–Crippen MR) is 129 cm³/mol. The van der Waals surface area contributed by atoms with Crippen molar-refractivity contribution in [2.75, 3.05) is 18.5 Å². The van der Waals surface area contributed by atoms with E-state index in [4.69, 9.17) is 4.74 Å². The molecule has 0 saturated carbocycles. The van der Waals surface area contributed by atoms with Crippen molar-refractivity contribution in [1.82, 2.24) is 4.31 Å². The largest absolute Gasteiger partial charge is 0.484 e. The van der Waals surface area contributed by atoms with Gasteiger partial charge in [-0.15, -0.1) is 0 Å². The lowest BCUT2D eigenvalue weighted by atomic mass is 10.0. The Morgan fingerprint density at radius 1 is 0.939 bits per heavy atom. The minimum atomic E-state index is -3.58. The normalized spacial score (nSPS) is 13.9. The fourth-order valence-electron chi connectivity index (χ4n) is 3.82. The van der Waals surface area contributed by atoms with Crippen LogP contribution in [0.25, 0.3) is 0 Å². The molecule has 1 heterocycles. The molecule has 172 valence electrons. The molecule has 0 radical (unpaired) electrons. The summed E-state index contributed by atoms with van der Waals surface area (Å²) < 4.78 is 33.3. The zero-order valence-corrected chi connectivity index (χ0v) is 19.9. The molecule has 33 heavy (non-hydrogen) atoms. The molecule has 0 spiro atoms. The first-order valence-corrected chi connectivity index (χ1v) is 12.3. The molecule has 0 bridgehead atoms. The number of benzene rings is 3. The summed E-state index contributed by atoms with van der Waals surface area (Å²) in [6, 6.07) is 18.3. The number of fused-ring (bicyclic) bond motifs is 1. The molecule has 6 nitrogen and oxygen atoms in total. The van der Waals surface area contributed by atoms with Gasteiger partial charge in [-0.3, -0.25) is 4.79 Å². The molecule has 0 saturated heterocycles. The number of nitrogens with one attached hydrogen (secondary N) is 1.